The van der Waals surface area contributed by atoms with Gasteiger partial charge in [-0.3, -0.25) is 19.3 Å². The summed E-state index contributed by atoms with van der Waals surface area (Å²) in [4.78, 5) is 18.6. The number of hydrogen-bond donors (Lipinski definition) is 2. The van der Waals surface area contributed by atoms with Crippen molar-refractivity contribution in [2.24, 2.45) is 0 Å². The number of aromatic nitrogens is 2. The van der Waals surface area contributed by atoms with Gasteiger partial charge in [0.05, 0.1) is 11.2 Å². The summed E-state index contributed by atoms with van der Waals surface area (Å²) in [5.41, 5.74) is 0.702. The fourth-order valence-corrected chi connectivity index (χ4v) is 2.66. The van der Waals surface area contributed by atoms with E-state index in [9.17, 15) is 13.2 Å². The molecule has 0 atom stereocenters. The van der Waals surface area contributed by atoms with Crippen LogP contribution in [0.4, 0.5) is 5.69 Å². The normalized spacial score (nSPS) is 10.6. The van der Waals surface area contributed by atoms with Crippen molar-refractivity contribution in [3.63, 3.8) is 0 Å². The van der Waals surface area contributed by atoms with Gasteiger partial charge in [-0.05, 0) is 36.4 Å². The van der Waals surface area contributed by atoms with Crippen molar-refractivity contribution in [2.45, 2.75) is 11.8 Å². The zero-order chi connectivity index (χ0) is 17.6. The first-order valence-electron chi connectivity index (χ1n) is 6.87. The predicted molar refractivity (Wildman–Crippen MR) is 90.1 cm³/mol. The van der Waals surface area contributed by atoms with Crippen LogP contribution in [0.3, 0.4) is 0 Å². The van der Waals surface area contributed by atoms with E-state index in [0.717, 1.165) is 0 Å². The van der Waals surface area contributed by atoms with Crippen LogP contribution in [0.2, 0.25) is 0 Å². The lowest BCUT2D eigenvalue weighted by Crippen LogP contribution is -2.08. The van der Waals surface area contributed by atoms with Crippen LogP contribution in [-0.4, -0.2) is 28.8 Å². The molecule has 0 radical (unpaired) electrons. The van der Waals surface area contributed by atoms with E-state index < -0.39 is 10.1 Å². The van der Waals surface area contributed by atoms with Crippen LogP contribution in [0.25, 0.3) is 10.9 Å². The molecule has 1 amide bonds. The number of anilines is 1. The Kier molecular flexibility index (Phi) is 5.56. The molecule has 0 saturated heterocycles. The fraction of sp³-hybridized carbons (Fsp3) is 0.0625. The standard InChI is InChI=1S/C11H10N2O4S.C5H5N/c1-7(14)13-9-4-5-10(18(15,16)17)8-3-2-6-12-11(8)9;1-2-4-6-5-3-1/h2-6H,1H3,(H,13,14)(H,15,16,17);1-5H. The monoisotopic (exact) mass is 345 g/mol. The molecule has 3 aromatic rings. The van der Waals surface area contributed by atoms with Gasteiger partial charge in [0.2, 0.25) is 5.91 Å². The summed E-state index contributed by atoms with van der Waals surface area (Å²) in [6.07, 6.45) is 4.97. The molecule has 8 heteroatoms. The van der Waals surface area contributed by atoms with Gasteiger partial charge in [-0.1, -0.05) is 6.07 Å². The van der Waals surface area contributed by atoms with Crippen molar-refractivity contribution in [3.8, 4) is 0 Å². The molecule has 0 bridgehead atoms. The Hall–Kier alpha value is -2.84. The van der Waals surface area contributed by atoms with Gasteiger partial charge in [0, 0.05) is 30.9 Å². The van der Waals surface area contributed by atoms with Gasteiger partial charge in [0.1, 0.15) is 4.90 Å². The third-order valence-electron chi connectivity index (χ3n) is 2.88. The number of nitrogens with zero attached hydrogens (tertiary/aromatic N) is 2. The molecular formula is C16H15N3O4S. The zero-order valence-corrected chi connectivity index (χ0v) is 13.6. The van der Waals surface area contributed by atoms with E-state index in [1.165, 1.54) is 31.3 Å². The maximum absolute atomic E-state index is 11.2. The van der Waals surface area contributed by atoms with Gasteiger partial charge in [-0.2, -0.15) is 8.42 Å². The first-order valence-corrected chi connectivity index (χ1v) is 8.31. The van der Waals surface area contributed by atoms with Crippen LogP contribution < -0.4 is 5.32 Å². The molecule has 3 rings (SSSR count). The highest BCUT2D eigenvalue weighted by atomic mass is 32.2. The van der Waals surface area contributed by atoms with Crippen molar-refractivity contribution in [3.05, 3.63) is 61.1 Å². The van der Waals surface area contributed by atoms with E-state index in [4.69, 9.17) is 4.55 Å². The summed E-state index contributed by atoms with van der Waals surface area (Å²) in [6, 6.07) is 11.4. The van der Waals surface area contributed by atoms with E-state index in [1.807, 2.05) is 18.2 Å². The maximum Gasteiger partial charge on any atom is 0.295 e. The Balaban J connectivity index is 0.000000292. The number of amides is 1. The highest BCUT2D eigenvalue weighted by molar-refractivity contribution is 7.86. The van der Waals surface area contributed by atoms with Gasteiger partial charge >= 0.3 is 0 Å². The van der Waals surface area contributed by atoms with Gasteiger partial charge in [-0.25, -0.2) is 0 Å². The number of pyridine rings is 2. The van der Waals surface area contributed by atoms with Crippen LogP contribution in [-0.2, 0) is 14.9 Å². The van der Waals surface area contributed by atoms with Crippen molar-refractivity contribution in [2.75, 3.05) is 5.32 Å². The molecule has 7 nitrogen and oxygen atoms in total. The van der Waals surface area contributed by atoms with Gasteiger partial charge in [0.25, 0.3) is 10.1 Å². The molecule has 124 valence electrons. The molecule has 2 N–H and O–H groups in total. The van der Waals surface area contributed by atoms with E-state index in [0.29, 0.717) is 11.2 Å². The SMILES string of the molecule is CC(=O)Nc1ccc(S(=O)(=O)O)c2cccnc12.c1ccncc1. The van der Waals surface area contributed by atoms with Crippen molar-refractivity contribution in [1.29, 1.82) is 0 Å². The van der Waals surface area contributed by atoms with Crippen LogP contribution in [0.15, 0.2) is 66.0 Å². The molecule has 2 aromatic heterocycles. The fourth-order valence-electron chi connectivity index (χ4n) is 1.97. The average Bonchev–Trinajstić information content (AvgIpc) is 2.56. The number of carbonyl (C=O) groups excluding carboxylic acids is 1. The zero-order valence-electron chi connectivity index (χ0n) is 12.7. The molecule has 0 aliphatic carbocycles. The van der Waals surface area contributed by atoms with Crippen LogP contribution in [0.1, 0.15) is 6.92 Å². The van der Waals surface area contributed by atoms with Gasteiger partial charge in [-0.15, -0.1) is 0 Å². The Morgan fingerprint density at radius 3 is 2.25 bits per heavy atom. The lowest BCUT2D eigenvalue weighted by molar-refractivity contribution is -0.114. The van der Waals surface area contributed by atoms with E-state index in [-0.39, 0.29) is 16.2 Å². The first kappa shape index (κ1) is 17.5. The molecule has 1 aromatic carbocycles. The predicted octanol–water partition coefficient (Wildman–Crippen LogP) is 2.52. The highest BCUT2D eigenvalue weighted by Crippen LogP contribution is 2.27. The van der Waals surface area contributed by atoms with Crippen LogP contribution >= 0.6 is 0 Å². The molecule has 2 heterocycles. The Morgan fingerprint density at radius 2 is 1.75 bits per heavy atom. The van der Waals surface area contributed by atoms with Crippen LogP contribution in [0, 0.1) is 0 Å². The topological polar surface area (TPSA) is 109 Å². The lowest BCUT2D eigenvalue weighted by Gasteiger charge is -2.08. The smallest absolute Gasteiger partial charge is 0.295 e. The van der Waals surface area contributed by atoms with Gasteiger partial charge < -0.3 is 5.32 Å². The molecule has 0 spiro atoms. The van der Waals surface area contributed by atoms with E-state index in [2.05, 4.69) is 15.3 Å². The Bertz CT molecular complexity index is 917. The molecule has 0 fully saturated rings. The summed E-state index contributed by atoms with van der Waals surface area (Å²) in [5.74, 6) is -0.290. The second-order valence-corrected chi connectivity index (χ2v) is 6.08. The number of hydrogen-bond acceptors (Lipinski definition) is 5. The number of rotatable bonds is 2. The summed E-state index contributed by atoms with van der Waals surface area (Å²) in [5, 5.41) is 2.80. The second kappa shape index (κ2) is 7.62. The minimum Gasteiger partial charge on any atom is -0.324 e. The molecule has 24 heavy (non-hydrogen) atoms. The van der Waals surface area contributed by atoms with E-state index in [1.54, 1.807) is 18.5 Å². The largest absolute Gasteiger partial charge is 0.324 e. The van der Waals surface area contributed by atoms with Crippen LogP contribution in [0.5, 0.6) is 0 Å². The molecule has 0 aliphatic rings. The number of benzene rings is 1. The lowest BCUT2D eigenvalue weighted by atomic mass is 10.2. The van der Waals surface area contributed by atoms with E-state index >= 15 is 0 Å². The molecule has 0 unspecified atom stereocenters. The first-order chi connectivity index (χ1) is 11.4. The summed E-state index contributed by atoms with van der Waals surface area (Å²) in [6.45, 7) is 1.34. The summed E-state index contributed by atoms with van der Waals surface area (Å²) in [7, 11) is -4.33. The summed E-state index contributed by atoms with van der Waals surface area (Å²) < 4.78 is 31.6. The number of fused-ring (bicyclic) bond motifs is 1. The third kappa shape index (κ3) is 4.58. The summed E-state index contributed by atoms with van der Waals surface area (Å²) >= 11 is 0. The minimum absolute atomic E-state index is 0.236. The molecule has 0 saturated carbocycles. The second-order valence-electron chi connectivity index (χ2n) is 4.69. The average molecular weight is 345 g/mol. The van der Waals surface area contributed by atoms with Gasteiger partial charge in [0.15, 0.2) is 0 Å². The van der Waals surface area contributed by atoms with Crippen molar-refractivity contribution in [1.82, 2.24) is 9.97 Å². The molecular weight excluding hydrogens is 330 g/mol. The Labute approximate surface area is 139 Å². The quantitative estimate of drug-likeness (QED) is 0.691. The third-order valence-corrected chi connectivity index (χ3v) is 3.80. The number of carbonyl (C=O) groups is 1. The minimum atomic E-state index is -4.33. The highest BCUT2D eigenvalue weighted by Gasteiger charge is 2.16. The Morgan fingerprint density at radius 1 is 1.04 bits per heavy atom. The van der Waals surface area contributed by atoms with Crippen molar-refractivity contribution < 1.29 is 17.8 Å². The maximum atomic E-state index is 11.2. The number of nitrogens with one attached hydrogen (secondary N) is 1. The molecule has 0 aliphatic heterocycles. The van der Waals surface area contributed by atoms with Crippen molar-refractivity contribution >= 4 is 32.6 Å².